The van der Waals surface area contributed by atoms with Crippen LogP contribution in [-0.4, -0.2) is 7.11 Å². The van der Waals surface area contributed by atoms with Gasteiger partial charge in [-0.15, -0.1) is 0 Å². The molecule has 2 aromatic rings. The van der Waals surface area contributed by atoms with Crippen molar-refractivity contribution < 1.29 is 4.74 Å². The van der Waals surface area contributed by atoms with E-state index in [0.717, 1.165) is 0 Å². The fourth-order valence-electron chi connectivity index (χ4n) is 1.83. The summed E-state index contributed by atoms with van der Waals surface area (Å²) >= 11 is 0. The van der Waals surface area contributed by atoms with Gasteiger partial charge in [-0.25, -0.2) is 0 Å². The number of nitriles is 2. The predicted octanol–water partition coefficient (Wildman–Crippen LogP) is 2.76. The van der Waals surface area contributed by atoms with Gasteiger partial charge in [0, 0.05) is 0 Å². The number of methoxy groups -OCH3 is 1. The maximum absolute atomic E-state index is 9.16. The largest absolute Gasteiger partial charge is 0.495 e. The number of para-hydroxylation sites is 2. The topological polar surface area (TPSA) is 94.9 Å². The van der Waals surface area contributed by atoms with Gasteiger partial charge in [-0.1, -0.05) is 12.1 Å². The van der Waals surface area contributed by atoms with Crippen LogP contribution in [0.25, 0.3) is 0 Å². The molecule has 0 fully saturated rings. The van der Waals surface area contributed by atoms with Crippen molar-refractivity contribution in [3.63, 3.8) is 0 Å². The third-order valence-corrected chi connectivity index (χ3v) is 2.85. The van der Waals surface area contributed by atoms with Crippen molar-refractivity contribution in [3.05, 3.63) is 47.5 Å². The lowest BCUT2D eigenvalue weighted by Gasteiger charge is -2.14. The van der Waals surface area contributed by atoms with Crippen LogP contribution in [0.15, 0.2) is 36.4 Å². The molecule has 0 heterocycles. The zero-order chi connectivity index (χ0) is 14.5. The van der Waals surface area contributed by atoms with Crippen molar-refractivity contribution in [2.24, 2.45) is 0 Å². The standard InChI is InChI=1S/C15H12N4O/c1-20-13-7-3-5-11(9-17)15(13)19-12-6-2-4-10(8-16)14(12)18/h2-7,19H,18H2,1H3. The van der Waals surface area contributed by atoms with E-state index in [1.165, 1.54) is 7.11 Å². The second kappa shape index (κ2) is 5.64. The molecule has 0 spiro atoms. The third-order valence-electron chi connectivity index (χ3n) is 2.85. The minimum Gasteiger partial charge on any atom is -0.495 e. The number of rotatable bonds is 3. The quantitative estimate of drug-likeness (QED) is 0.831. The Morgan fingerprint density at radius 3 is 2.35 bits per heavy atom. The monoisotopic (exact) mass is 264 g/mol. The Balaban J connectivity index is 2.51. The molecule has 20 heavy (non-hydrogen) atoms. The summed E-state index contributed by atoms with van der Waals surface area (Å²) in [4.78, 5) is 0. The zero-order valence-corrected chi connectivity index (χ0v) is 10.8. The zero-order valence-electron chi connectivity index (χ0n) is 10.8. The van der Waals surface area contributed by atoms with Crippen LogP contribution in [0.5, 0.6) is 5.75 Å². The first-order valence-corrected chi connectivity index (χ1v) is 5.84. The van der Waals surface area contributed by atoms with Gasteiger partial charge in [-0.2, -0.15) is 10.5 Å². The lowest BCUT2D eigenvalue weighted by atomic mass is 10.1. The van der Waals surface area contributed by atoms with Crippen LogP contribution in [0.2, 0.25) is 0 Å². The van der Waals surface area contributed by atoms with E-state index >= 15 is 0 Å². The average molecular weight is 264 g/mol. The Hall–Kier alpha value is -3.18. The van der Waals surface area contributed by atoms with Gasteiger partial charge >= 0.3 is 0 Å². The van der Waals surface area contributed by atoms with Crippen LogP contribution < -0.4 is 15.8 Å². The Labute approximate surface area is 116 Å². The summed E-state index contributed by atoms with van der Waals surface area (Å²) in [6.07, 6.45) is 0. The van der Waals surface area contributed by atoms with E-state index in [0.29, 0.717) is 33.9 Å². The van der Waals surface area contributed by atoms with Crippen LogP contribution in [-0.2, 0) is 0 Å². The van der Waals surface area contributed by atoms with Crippen molar-refractivity contribution in [2.45, 2.75) is 0 Å². The molecule has 0 aliphatic heterocycles. The minimum atomic E-state index is 0.338. The first kappa shape index (κ1) is 13.3. The number of hydrogen-bond acceptors (Lipinski definition) is 5. The number of nitrogens with zero attached hydrogens (tertiary/aromatic N) is 2. The molecule has 3 N–H and O–H groups in total. The van der Waals surface area contributed by atoms with Gasteiger partial charge in [0.2, 0.25) is 0 Å². The van der Waals surface area contributed by atoms with Gasteiger partial charge in [0.25, 0.3) is 0 Å². The molecule has 5 nitrogen and oxygen atoms in total. The van der Waals surface area contributed by atoms with E-state index in [-0.39, 0.29) is 0 Å². The Bertz CT molecular complexity index is 726. The number of anilines is 3. The van der Waals surface area contributed by atoms with E-state index in [4.69, 9.17) is 21.0 Å². The molecule has 98 valence electrons. The molecule has 0 aliphatic rings. The van der Waals surface area contributed by atoms with Crippen molar-refractivity contribution in [1.29, 1.82) is 10.5 Å². The maximum Gasteiger partial charge on any atom is 0.143 e. The Kier molecular flexibility index (Phi) is 3.74. The van der Waals surface area contributed by atoms with Crippen molar-refractivity contribution in [3.8, 4) is 17.9 Å². The van der Waals surface area contributed by atoms with Crippen LogP contribution in [0.4, 0.5) is 17.1 Å². The molecule has 0 unspecified atom stereocenters. The average Bonchev–Trinajstić information content (AvgIpc) is 2.49. The van der Waals surface area contributed by atoms with E-state index in [1.807, 2.05) is 6.07 Å². The summed E-state index contributed by atoms with van der Waals surface area (Å²) in [5, 5.41) is 21.2. The highest BCUT2D eigenvalue weighted by Crippen LogP contribution is 2.33. The highest BCUT2D eigenvalue weighted by Gasteiger charge is 2.11. The van der Waals surface area contributed by atoms with Gasteiger partial charge in [-0.3, -0.25) is 0 Å². The SMILES string of the molecule is COc1cccc(C#N)c1Nc1cccc(C#N)c1N. The molecule has 0 aromatic heterocycles. The molecule has 5 heteroatoms. The maximum atomic E-state index is 9.16. The van der Waals surface area contributed by atoms with Crippen molar-refractivity contribution in [2.75, 3.05) is 18.2 Å². The van der Waals surface area contributed by atoms with Crippen LogP contribution in [0.1, 0.15) is 11.1 Å². The van der Waals surface area contributed by atoms with E-state index in [1.54, 1.807) is 36.4 Å². The van der Waals surface area contributed by atoms with Gasteiger partial charge in [-0.05, 0) is 24.3 Å². The summed E-state index contributed by atoms with van der Waals surface area (Å²) in [6.45, 7) is 0. The minimum absolute atomic E-state index is 0.338. The van der Waals surface area contributed by atoms with Gasteiger partial charge in [0.05, 0.1) is 35.3 Å². The molecule has 0 saturated carbocycles. The van der Waals surface area contributed by atoms with E-state index < -0.39 is 0 Å². The normalized spacial score (nSPS) is 9.35. The van der Waals surface area contributed by atoms with Crippen molar-refractivity contribution in [1.82, 2.24) is 0 Å². The summed E-state index contributed by atoms with van der Waals surface area (Å²) in [5.74, 6) is 0.533. The number of nitrogen functional groups attached to an aromatic ring is 1. The molecule has 0 amide bonds. The second-order valence-corrected chi connectivity index (χ2v) is 4.00. The molecule has 0 saturated heterocycles. The third kappa shape index (κ3) is 2.33. The van der Waals surface area contributed by atoms with Crippen molar-refractivity contribution >= 4 is 17.1 Å². The first-order chi connectivity index (χ1) is 9.71. The van der Waals surface area contributed by atoms with Gasteiger partial charge in [0.1, 0.15) is 17.9 Å². The summed E-state index contributed by atoms with van der Waals surface area (Å²) < 4.78 is 5.24. The first-order valence-electron chi connectivity index (χ1n) is 5.84. The molecule has 2 rings (SSSR count). The highest BCUT2D eigenvalue weighted by atomic mass is 16.5. The van der Waals surface area contributed by atoms with E-state index in [9.17, 15) is 0 Å². The number of hydrogen-bond donors (Lipinski definition) is 2. The molecule has 0 radical (unpaired) electrons. The fourth-order valence-corrected chi connectivity index (χ4v) is 1.83. The van der Waals surface area contributed by atoms with Gasteiger partial charge < -0.3 is 15.8 Å². The molecule has 0 bridgehead atoms. The molecule has 0 aliphatic carbocycles. The lowest BCUT2D eigenvalue weighted by molar-refractivity contribution is 0.416. The molecule has 2 aromatic carbocycles. The highest BCUT2D eigenvalue weighted by molar-refractivity contribution is 5.81. The summed E-state index contributed by atoms with van der Waals surface area (Å²) in [6, 6.07) is 14.4. The van der Waals surface area contributed by atoms with Crippen LogP contribution in [0, 0.1) is 22.7 Å². The lowest BCUT2D eigenvalue weighted by Crippen LogP contribution is -2.02. The smallest absolute Gasteiger partial charge is 0.143 e. The fraction of sp³-hybridized carbons (Fsp3) is 0.0667. The van der Waals surface area contributed by atoms with E-state index in [2.05, 4.69) is 11.4 Å². The molecular formula is C15H12N4O. The predicted molar refractivity (Wildman–Crippen MR) is 76.6 cm³/mol. The van der Waals surface area contributed by atoms with Crippen LogP contribution >= 0.6 is 0 Å². The number of benzene rings is 2. The Morgan fingerprint density at radius 1 is 1.05 bits per heavy atom. The molecular weight excluding hydrogens is 252 g/mol. The number of nitrogens with one attached hydrogen (secondary N) is 1. The number of nitrogens with two attached hydrogens (primary N) is 1. The van der Waals surface area contributed by atoms with Gasteiger partial charge in [0.15, 0.2) is 0 Å². The second-order valence-electron chi connectivity index (χ2n) is 4.00. The summed E-state index contributed by atoms with van der Waals surface area (Å²) in [5.41, 5.74) is 8.16. The Morgan fingerprint density at radius 2 is 1.70 bits per heavy atom. The number of ether oxygens (including phenoxy) is 1. The van der Waals surface area contributed by atoms with Crippen LogP contribution in [0.3, 0.4) is 0 Å². The summed E-state index contributed by atoms with van der Waals surface area (Å²) in [7, 11) is 1.52. The molecule has 0 atom stereocenters.